The van der Waals surface area contributed by atoms with Crippen molar-refractivity contribution in [1.82, 2.24) is 5.43 Å². The molecular weight excluding hydrogens is 469 g/mol. The molecule has 26 heavy (non-hydrogen) atoms. The highest BCUT2D eigenvalue weighted by molar-refractivity contribution is 14.1. The van der Waals surface area contributed by atoms with Crippen LogP contribution in [0.3, 0.4) is 0 Å². The van der Waals surface area contributed by atoms with Crippen LogP contribution < -0.4 is 9.73 Å². The van der Waals surface area contributed by atoms with E-state index in [1.165, 1.54) is 6.07 Å². The Kier molecular flexibility index (Phi) is 6.59. The number of sulfonamides is 1. The minimum atomic E-state index is -3.64. The number of benzene rings is 2. The van der Waals surface area contributed by atoms with E-state index in [0.29, 0.717) is 17.0 Å². The molecule has 2 rings (SSSR count). The average molecular weight is 487 g/mol. The third-order valence-corrected chi connectivity index (χ3v) is 5.30. The quantitative estimate of drug-likeness (QED) is 0.371. The first-order chi connectivity index (χ1) is 12.2. The molecule has 0 fully saturated rings. The Labute approximate surface area is 165 Å². The van der Waals surface area contributed by atoms with Crippen LogP contribution in [0.25, 0.3) is 0 Å². The summed E-state index contributed by atoms with van der Waals surface area (Å²) in [6, 6.07) is 13.4. The van der Waals surface area contributed by atoms with Crippen LogP contribution in [0.5, 0.6) is 5.75 Å². The van der Waals surface area contributed by atoms with Crippen molar-refractivity contribution >= 4 is 49.9 Å². The zero-order chi connectivity index (χ0) is 19.3. The summed E-state index contributed by atoms with van der Waals surface area (Å²) >= 11 is 2.11. The van der Waals surface area contributed by atoms with Gasteiger partial charge in [-0.05, 0) is 65.9 Å². The van der Waals surface area contributed by atoms with E-state index < -0.39 is 22.5 Å². The fraction of sp³-hybridized carbons (Fsp3) is 0.176. The second-order valence-electron chi connectivity index (χ2n) is 5.50. The van der Waals surface area contributed by atoms with Gasteiger partial charge >= 0.3 is 0 Å². The number of phenols is 1. The van der Waals surface area contributed by atoms with Gasteiger partial charge < -0.3 is 5.11 Å². The van der Waals surface area contributed by atoms with Gasteiger partial charge in [0.25, 0.3) is 5.91 Å². The topological polar surface area (TPSA) is 99.1 Å². The van der Waals surface area contributed by atoms with Crippen LogP contribution in [0, 0.1) is 3.57 Å². The largest absolute Gasteiger partial charge is 0.507 e. The third-order valence-electron chi connectivity index (χ3n) is 3.44. The lowest BCUT2D eigenvalue weighted by Crippen LogP contribution is -2.39. The number of aromatic hydroxyl groups is 1. The number of anilines is 1. The molecule has 0 bridgehead atoms. The molecule has 9 heteroatoms. The van der Waals surface area contributed by atoms with Crippen molar-refractivity contribution in [3.8, 4) is 5.75 Å². The van der Waals surface area contributed by atoms with Gasteiger partial charge in [-0.15, -0.1) is 0 Å². The van der Waals surface area contributed by atoms with Gasteiger partial charge in [-0.2, -0.15) is 5.10 Å². The Hall–Kier alpha value is -2.14. The molecule has 2 aromatic rings. The predicted octanol–water partition coefficient (Wildman–Crippen LogP) is 2.30. The molecule has 0 aliphatic heterocycles. The minimum absolute atomic E-state index is 0.0413. The van der Waals surface area contributed by atoms with Crippen molar-refractivity contribution in [2.45, 2.75) is 6.92 Å². The van der Waals surface area contributed by atoms with E-state index in [1.54, 1.807) is 49.4 Å². The number of nitrogens with zero attached hydrogens (tertiary/aromatic N) is 2. The summed E-state index contributed by atoms with van der Waals surface area (Å²) in [5.41, 5.74) is 3.59. The highest BCUT2D eigenvalue weighted by Gasteiger charge is 2.20. The molecule has 7 nitrogen and oxygen atoms in total. The minimum Gasteiger partial charge on any atom is -0.507 e. The Morgan fingerprint density at radius 3 is 2.38 bits per heavy atom. The van der Waals surface area contributed by atoms with Gasteiger partial charge in [-0.25, -0.2) is 13.8 Å². The van der Waals surface area contributed by atoms with Gasteiger partial charge in [0.1, 0.15) is 12.3 Å². The summed E-state index contributed by atoms with van der Waals surface area (Å²) < 4.78 is 26.0. The molecule has 0 atom stereocenters. The van der Waals surface area contributed by atoms with Crippen LogP contribution in [0.1, 0.15) is 12.5 Å². The Morgan fingerprint density at radius 2 is 1.81 bits per heavy atom. The van der Waals surface area contributed by atoms with Gasteiger partial charge in [-0.1, -0.05) is 12.1 Å². The smallest absolute Gasteiger partial charge is 0.260 e. The number of carbonyl (C=O) groups is 1. The zero-order valence-electron chi connectivity index (χ0n) is 14.2. The van der Waals surface area contributed by atoms with Crippen molar-refractivity contribution in [3.05, 3.63) is 57.7 Å². The average Bonchev–Trinajstić information content (AvgIpc) is 2.58. The lowest BCUT2D eigenvalue weighted by Gasteiger charge is -2.21. The number of hydrogen-bond donors (Lipinski definition) is 2. The lowest BCUT2D eigenvalue weighted by molar-refractivity contribution is -0.119. The van der Waals surface area contributed by atoms with Crippen molar-refractivity contribution in [1.29, 1.82) is 0 Å². The van der Waals surface area contributed by atoms with Crippen LogP contribution in [0.15, 0.2) is 53.6 Å². The van der Waals surface area contributed by atoms with Crippen LogP contribution in [-0.2, 0) is 14.8 Å². The molecule has 0 saturated heterocycles. The standard InChI is InChI=1S/C17H18IN3O4S/c1-12(15-5-3-4-6-16(15)22)19-20-17(23)11-21(26(2,24)25)14-9-7-13(18)8-10-14/h3-10,22H,11H2,1-2H3,(H,20,23)/b19-12-. The maximum atomic E-state index is 12.2. The molecule has 138 valence electrons. The molecule has 0 aliphatic rings. The van der Waals surface area contributed by atoms with Gasteiger partial charge in [-0.3, -0.25) is 9.10 Å². The van der Waals surface area contributed by atoms with E-state index >= 15 is 0 Å². The number of phenolic OH excluding ortho intramolecular Hbond substituents is 1. The maximum absolute atomic E-state index is 12.2. The van der Waals surface area contributed by atoms with Crippen molar-refractivity contribution in [2.75, 3.05) is 17.1 Å². The molecule has 0 aliphatic carbocycles. The van der Waals surface area contributed by atoms with Gasteiger partial charge in [0, 0.05) is 9.13 Å². The molecule has 0 radical (unpaired) electrons. The zero-order valence-corrected chi connectivity index (χ0v) is 17.2. The van der Waals surface area contributed by atoms with E-state index in [9.17, 15) is 18.3 Å². The van der Waals surface area contributed by atoms with Crippen molar-refractivity contribution < 1.29 is 18.3 Å². The van der Waals surface area contributed by atoms with E-state index in [0.717, 1.165) is 14.1 Å². The van der Waals surface area contributed by atoms with Crippen LogP contribution in [-0.4, -0.2) is 37.9 Å². The molecule has 1 amide bonds. The highest BCUT2D eigenvalue weighted by atomic mass is 127. The number of hydrazone groups is 1. The summed E-state index contributed by atoms with van der Waals surface area (Å²) in [7, 11) is -3.64. The summed E-state index contributed by atoms with van der Waals surface area (Å²) in [6.45, 7) is 1.22. The van der Waals surface area contributed by atoms with Gasteiger partial charge in [0.05, 0.1) is 17.7 Å². The summed E-state index contributed by atoms with van der Waals surface area (Å²) in [5, 5.41) is 13.7. The molecular formula is C17H18IN3O4S. The van der Waals surface area contributed by atoms with Crippen LogP contribution >= 0.6 is 22.6 Å². The normalized spacial score (nSPS) is 11.9. The second-order valence-corrected chi connectivity index (χ2v) is 8.65. The molecule has 2 N–H and O–H groups in total. The second kappa shape index (κ2) is 8.49. The number of nitrogens with one attached hydrogen (secondary N) is 1. The van der Waals surface area contributed by atoms with Crippen LogP contribution in [0.4, 0.5) is 5.69 Å². The van der Waals surface area contributed by atoms with E-state index in [-0.39, 0.29) is 5.75 Å². The number of amides is 1. The Bertz CT molecular complexity index is 927. The molecule has 0 unspecified atom stereocenters. The first-order valence-corrected chi connectivity index (χ1v) is 10.5. The van der Waals surface area contributed by atoms with Gasteiger partial charge in [0.2, 0.25) is 10.0 Å². The van der Waals surface area contributed by atoms with Crippen LogP contribution in [0.2, 0.25) is 0 Å². The van der Waals surface area contributed by atoms with Crippen molar-refractivity contribution in [2.24, 2.45) is 5.10 Å². The summed E-state index contributed by atoms with van der Waals surface area (Å²) in [5.74, 6) is -0.552. The summed E-state index contributed by atoms with van der Waals surface area (Å²) in [4.78, 5) is 12.2. The Morgan fingerprint density at radius 1 is 1.19 bits per heavy atom. The molecule has 2 aromatic carbocycles. The fourth-order valence-electron chi connectivity index (χ4n) is 2.16. The van der Waals surface area contributed by atoms with E-state index in [1.807, 2.05) is 0 Å². The fourth-order valence-corrected chi connectivity index (χ4v) is 3.38. The molecule has 0 saturated carbocycles. The highest BCUT2D eigenvalue weighted by Crippen LogP contribution is 2.19. The Balaban J connectivity index is 2.14. The monoisotopic (exact) mass is 487 g/mol. The number of rotatable bonds is 6. The number of carbonyl (C=O) groups excluding carboxylic acids is 1. The molecule has 0 spiro atoms. The van der Waals surface area contributed by atoms with Gasteiger partial charge in [0.15, 0.2) is 0 Å². The first kappa shape index (κ1) is 20.2. The molecule has 0 heterocycles. The first-order valence-electron chi connectivity index (χ1n) is 7.53. The number of para-hydroxylation sites is 1. The number of halogens is 1. The van der Waals surface area contributed by atoms with E-state index in [2.05, 4.69) is 33.1 Å². The molecule has 0 aromatic heterocycles. The summed E-state index contributed by atoms with van der Waals surface area (Å²) in [6.07, 6.45) is 1.04. The SMILES string of the molecule is C/C(=N/NC(=O)CN(c1ccc(I)cc1)S(C)(=O)=O)c1ccccc1O. The number of hydrogen-bond acceptors (Lipinski definition) is 5. The van der Waals surface area contributed by atoms with E-state index in [4.69, 9.17) is 0 Å². The predicted molar refractivity (Wildman–Crippen MR) is 110 cm³/mol. The van der Waals surface area contributed by atoms with Crippen molar-refractivity contribution in [3.63, 3.8) is 0 Å². The maximum Gasteiger partial charge on any atom is 0.260 e. The lowest BCUT2D eigenvalue weighted by atomic mass is 10.1. The third kappa shape index (κ3) is 5.43.